The summed E-state index contributed by atoms with van der Waals surface area (Å²) in [7, 11) is 3.59. The van der Waals surface area contributed by atoms with E-state index in [1.807, 2.05) is 0 Å². The highest BCUT2D eigenvalue weighted by molar-refractivity contribution is 5.75. The molecule has 0 fully saturated rings. The summed E-state index contributed by atoms with van der Waals surface area (Å²) in [5.41, 5.74) is 0. The Kier molecular flexibility index (Phi) is 7.48. The van der Waals surface area contributed by atoms with Crippen molar-refractivity contribution in [2.24, 2.45) is 5.92 Å². The van der Waals surface area contributed by atoms with Gasteiger partial charge in [-0.3, -0.25) is 4.79 Å². The molecular weight excluding hydrogens is 176 g/mol. The molecule has 1 N–H and O–H groups in total. The number of hydrogen-bond donors (Lipinski definition) is 1. The lowest BCUT2D eigenvalue weighted by Crippen LogP contribution is -2.29. The number of nitrogens with one attached hydrogen (secondary N) is 1. The molecule has 84 valence electrons. The quantitative estimate of drug-likeness (QED) is 0.632. The number of carbonyl (C=O) groups excluding carboxylic acids is 1. The van der Waals surface area contributed by atoms with E-state index in [1.54, 1.807) is 19.0 Å². The fourth-order valence-electron chi connectivity index (χ4n) is 1.30. The lowest BCUT2D eigenvalue weighted by molar-refractivity contribution is -0.128. The highest BCUT2D eigenvalue weighted by atomic mass is 16.2. The molecule has 0 aliphatic rings. The topological polar surface area (TPSA) is 32.3 Å². The van der Waals surface area contributed by atoms with Gasteiger partial charge in [0.25, 0.3) is 0 Å². The van der Waals surface area contributed by atoms with Gasteiger partial charge < -0.3 is 10.2 Å². The molecule has 0 saturated heterocycles. The fraction of sp³-hybridized carbons (Fsp3) is 0.909. The Hall–Kier alpha value is -0.570. The Labute approximate surface area is 87.9 Å². The van der Waals surface area contributed by atoms with Crippen LogP contribution in [0.15, 0.2) is 0 Å². The molecule has 0 aliphatic carbocycles. The number of nitrogens with zero attached hydrogens (tertiary/aromatic N) is 1. The van der Waals surface area contributed by atoms with Crippen LogP contribution in [0.4, 0.5) is 0 Å². The molecule has 14 heavy (non-hydrogen) atoms. The van der Waals surface area contributed by atoms with Gasteiger partial charge in [0.15, 0.2) is 0 Å². The van der Waals surface area contributed by atoms with Gasteiger partial charge in [0.1, 0.15) is 0 Å². The highest BCUT2D eigenvalue weighted by Gasteiger charge is 2.05. The van der Waals surface area contributed by atoms with Crippen LogP contribution in [0.25, 0.3) is 0 Å². The average Bonchev–Trinajstić information content (AvgIpc) is 2.17. The summed E-state index contributed by atoms with van der Waals surface area (Å²) in [5, 5.41) is 3.33. The third-order valence-electron chi connectivity index (χ3n) is 2.60. The van der Waals surface area contributed by atoms with Crippen molar-refractivity contribution < 1.29 is 4.79 Å². The van der Waals surface area contributed by atoms with Crippen molar-refractivity contribution in [1.29, 1.82) is 0 Å². The first kappa shape index (κ1) is 13.4. The molecule has 1 amide bonds. The van der Waals surface area contributed by atoms with Gasteiger partial charge in [-0.25, -0.2) is 0 Å². The minimum absolute atomic E-state index is 0.196. The fourth-order valence-corrected chi connectivity index (χ4v) is 1.30. The van der Waals surface area contributed by atoms with Crippen molar-refractivity contribution in [2.45, 2.75) is 33.1 Å². The Bertz CT molecular complexity index is 153. The smallest absolute Gasteiger partial charge is 0.223 e. The van der Waals surface area contributed by atoms with E-state index in [4.69, 9.17) is 0 Å². The summed E-state index contributed by atoms with van der Waals surface area (Å²) in [6, 6.07) is 0. The standard InChI is InChI=1S/C11H24N2O/c1-5-10(6-2)9-12-8-7-11(14)13(3)4/h10,12H,5-9H2,1-4H3. The summed E-state index contributed by atoms with van der Waals surface area (Å²) in [6.07, 6.45) is 3.03. The van der Waals surface area contributed by atoms with E-state index in [9.17, 15) is 4.79 Å². The molecule has 0 aromatic heterocycles. The second-order valence-electron chi connectivity index (χ2n) is 3.92. The van der Waals surface area contributed by atoms with Crippen LogP contribution in [-0.2, 0) is 4.79 Å². The number of rotatable bonds is 7. The second kappa shape index (κ2) is 7.80. The van der Waals surface area contributed by atoms with E-state index in [0.717, 1.165) is 19.0 Å². The van der Waals surface area contributed by atoms with E-state index >= 15 is 0 Å². The van der Waals surface area contributed by atoms with Crippen LogP contribution in [0.1, 0.15) is 33.1 Å². The molecule has 0 unspecified atom stereocenters. The molecule has 0 aromatic carbocycles. The van der Waals surface area contributed by atoms with Crippen molar-refractivity contribution in [3.8, 4) is 0 Å². The Morgan fingerprint density at radius 1 is 1.29 bits per heavy atom. The molecule has 0 aromatic rings. The summed E-state index contributed by atoms with van der Waals surface area (Å²) in [4.78, 5) is 12.9. The van der Waals surface area contributed by atoms with Crippen LogP contribution in [0.5, 0.6) is 0 Å². The Morgan fingerprint density at radius 3 is 2.29 bits per heavy atom. The van der Waals surface area contributed by atoms with Gasteiger partial charge in [-0.15, -0.1) is 0 Å². The molecule has 0 saturated carbocycles. The number of amides is 1. The first-order valence-electron chi connectivity index (χ1n) is 5.52. The van der Waals surface area contributed by atoms with Crippen LogP contribution >= 0.6 is 0 Å². The first-order chi connectivity index (χ1) is 6.61. The van der Waals surface area contributed by atoms with Crippen molar-refractivity contribution >= 4 is 5.91 Å². The van der Waals surface area contributed by atoms with Crippen LogP contribution in [-0.4, -0.2) is 38.0 Å². The molecule has 3 heteroatoms. The maximum absolute atomic E-state index is 11.2. The van der Waals surface area contributed by atoms with Gasteiger partial charge >= 0.3 is 0 Å². The SMILES string of the molecule is CCC(CC)CNCCC(=O)N(C)C. The molecule has 0 spiro atoms. The van der Waals surface area contributed by atoms with Crippen molar-refractivity contribution in [2.75, 3.05) is 27.2 Å². The molecule has 0 radical (unpaired) electrons. The molecule has 0 aliphatic heterocycles. The zero-order valence-corrected chi connectivity index (χ0v) is 9.97. The minimum atomic E-state index is 0.196. The van der Waals surface area contributed by atoms with E-state index < -0.39 is 0 Å². The zero-order valence-electron chi connectivity index (χ0n) is 9.97. The van der Waals surface area contributed by atoms with Crippen LogP contribution in [0.2, 0.25) is 0 Å². The summed E-state index contributed by atoms with van der Waals surface area (Å²) < 4.78 is 0. The second-order valence-corrected chi connectivity index (χ2v) is 3.92. The minimum Gasteiger partial charge on any atom is -0.349 e. The largest absolute Gasteiger partial charge is 0.349 e. The molecule has 0 rings (SSSR count). The maximum atomic E-state index is 11.2. The van der Waals surface area contributed by atoms with Gasteiger partial charge in [-0.05, 0) is 12.5 Å². The van der Waals surface area contributed by atoms with Crippen molar-refractivity contribution in [1.82, 2.24) is 10.2 Å². The maximum Gasteiger partial charge on any atom is 0.223 e. The normalized spacial score (nSPS) is 10.6. The predicted octanol–water partition coefficient (Wildman–Crippen LogP) is 1.49. The van der Waals surface area contributed by atoms with Crippen LogP contribution in [0, 0.1) is 5.92 Å². The highest BCUT2D eigenvalue weighted by Crippen LogP contribution is 2.04. The lowest BCUT2D eigenvalue weighted by Gasteiger charge is -2.14. The number of carbonyl (C=O) groups is 1. The summed E-state index contributed by atoms with van der Waals surface area (Å²) in [6.45, 7) is 6.25. The average molecular weight is 200 g/mol. The number of hydrogen-bond acceptors (Lipinski definition) is 2. The predicted molar refractivity (Wildman–Crippen MR) is 60.3 cm³/mol. The monoisotopic (exact) mass is 200 g/mol. The molecule has 0 bridgehead atoms. The summed E-state index contributed by atoms with van der Waals surface area (Å²) in [5.74, 6) is 0.950. The van der Waals surface area contributed by atoms with Gasteiger partial charge in [-0.2, -0.15) is 0 Å². The molecule has 0 heterocycles. The Balaban J connectivity index is 3.41. The molecular formula is C11H24N2O. The summed E-state index contributed by atoms with van der Waals surface area (Å²) >= 11 is 0. The molecule has 3 nitrogen and oxygen atoms in total. The molecule has 0 atom stereocenters. The van der Waals surface area contributed by atoms with Crippen molar-refractivity contribution in [3.63, 3.8) is 0 Å². The van der Waals surface area contributed by atoms with Gasteiger partial charge in [0, 0.05) is 27.1 Å². The third-order valence-corrected chi connectivity index (χ3v) is 2.60. The van der Waals surface area contributed by atoms with E-state index in [-0.39, 0.29) is 5.91 Å². The first-order valence-corrected chi connectivity index (χ1v) is 5.52. The van der Waals surface area contributed by atoms with Crippen molar-refractivity contribution in [3.05, 3.63) is 0 Å². The lowest BCUT2D eigenvalue weighted by atomic mass is 10.0. The van der Waals surface area contributed by atoms with E-state index in [1.165, 1.54) is 12.8 Å². The van der Waals surface area contributed by atoms with Crippen LogP contribution < -0.4 is 5.32 Å². The van der Waals surface area contributed by atoms with Gasteiger partial charge in [0.2, 0.25) is 5.91 Å². The van der Waals surface area contributed by atoms with Crippen LogP contribution in [0.3, 0.4) is 0 Å². The van der Waals surface area contributed by atoms with E-state index in [0.29, 0.717) is 6.42 Å². The third kappa shape index (κ3) is 5.97. The zero-order chi connectivity index (χ0) is 11.0. The van der Waals surface area contributed by atoms with E-state index in [2.05, 4.69) is 19.2 Å². The van der Waals surface area contributed by atoms with Gasteiger partial charge in [-0.1, -0.05) is 26.7 Å². The Morgan fingerprint density at radius 2 is 1.86 bits per heavy atom. The van der Waals surface area contributed by atoms with Gasteiger partial charge in [0.05, 0.1) is 0 Å².